The zero-order chi connectivity index (χ0) is 40.7. The summed E-state index contributed by atoms with van der Waals surface area (Å²) in [6, 6.07) is 0. The summed E-state index contributed by atoms with van der Waals surface area (Å²) in [5.74, 6) is -0.530. The lowest BCUT2D eigenvalue weighted by Crippen LogP contribution is -2.61. The highest BCUT2D eigenvalue weighted by atomic mass is 16.8. The standard InChI is InChI=1S/C45H67NO12/c1-22-14-28-8-10-32-23(2)15-30(50-32)12-13-45-20-37-39(56-45)40-41(55-37)42(57-45)38-33(54-40)11-9-29(52-38)16-26(47)17-31-25(4)34(53-36(31)19-35(51-28)24(22)3)18-27(48)21-46-43(49)58-44(5,6)7/h22,25,27-42,48H,2-3,8-21H2,1,4-7H3,(H,46,49)/t22-,25-,27+,28+,29-,30?,31?,32?,33+,34-,35?,36+,37-,38+,39?,40+,41-,42?,45+/m1/s1. The van der Waals surface area contributed by atoms with Gasteiger partial charge in [0.2, 0.25) is 0 Å². The van der Waals surface area contributed by atoms with Crippen LogP contribution in [0, 0.1) is 17.8 Å². The van der Waals surface area contributed by atoms with Crippen molar-refractivity contribution in [1.82, 2.24) is 5.32 Å². The first kappa shape index (κ1) is 41.4. The number of alkyl carbamates (subject to hydrolysis) is 1. The number of aliphatic hydroxyl groups is 1. The molecular formula is C45H67NO12. The highest BCUT2D eigenvalue weighted by molar-refractivity contribution is 5.79. The van der Waals surface area contributed by atoms with Gasteiger partial charge in [-0.1, -0.05) is 27.0 Å². The van der Waals surface area contributed by atoms with Gasteiger partial charge in [-0.3, -0.25) is 4.79 Å². The van der Waals surface area contributed by atoms with E-state index in [1.807, 2.05) is 0 Å². The van der Waals surface area contributed by atoms with Gasteiger partial charge in [0.15, 0.2) is 5.79 Å². The summed E-state index contributed by atoms with van der Waals surface area (Å²) >= 11 is 0. The van der Waals surface area contributed by atoms with E-state index in [0.29, 0.717) is 32.1 Å². The van der Waals surface area contributed by atoms with Crippen molar-refractivity contribution in [1.29, 1.82) is 0 Å². The molecule has 0 radical (unpaired) electrons. The van der Waals surface area contributed by atoms with Gasteiger partial charge in [-0.05, 0) is 94.6 Å². The van der Waals surface area contributed by atoms with Crippen molar-refractivity contribution in [2.75, 3.05) is 6.54 Å². The Morgan fingerprint density at radius 2 is 1.53 bits per heavy atom. The molecule has 58 heavy (non-hydrogen) atoms. The van der Waals surface area contributed by atoms with E-state index < -0.39 is 23.6 Å². The van der Waals surface area contributed by atoms with Crippen LogP contribution in [0.1, 0.15) is 118 Å². The number of ketones is 1. The highest BCUT2D eigenvalue weighted by Gasteiger charge is 2.68. The van der Waals surface area contributed by atoms with Crippen LogP contribution in [0.4, 0.5) is 4.79 Å². The number of aliphatic hydroxyl groups excluding tert-OH is 1. The minimum Gasteiger partial charge on any atom is -0.444 e. The summed E-state index contributed by atoms with van der Waals surface area (Å²) in [6.45, 7) is 18.7. The molecule has 6 unspecified atom stereocenters. The maximum Gasteiger partial charge on any atom is 0.407 e. The van der Waals surface area contributed by atoms with E-state index in [1.165, 1.54) is 0 Å². The van der Waals surface area contributed by atoms with Gasteiger partial charge in [0.05, 0.1) is 61.0 Å². The van der Waals surface area contributed by atoms with Crippen molar-refractivity contribution in [2.24, 2.45) is 17.8 Å². The second-order valence-electron chi connectivity index (χ2n) is 20.2. The summed E-state index contributed by atoms with van der Waals surface area (Å²) in [5.41, 5.74) is 1.55. The molecule has 13 nitrogen and oxygen atoms in total. The Labute approximate surface area is 343 Å². The van der Waals surface area contributed by atoms with E-state index in [9.17, 15) is 14.7 Å². The Morgan fingerprint density at radius 3 is 2.34 bits per heavy atom. The molecule has 10 aliphatic heterocycles. The summed E-state index contributed by atoms with van der Waals surface area (Å²) in [5, 5.41) is 13.8. The second kappa shape index (κ2) is 16.1. The van der Waals surface area contributed by atoms with Gasteiger partial charge in [-0.2, -0.15) is 0 Å². The number of amides is 1. The predicted octanol–water partition coefficient (Wildman–Crippen LogP) is 5.63. The first-order valence-electron chi connectivity index (χ1n) is 22.4. The number of ether oxygens (including phenoxy) is 9. The Bertz CT molecular complexity index is 1580. The van der Waals surface area contributed by atoms with Crippen LogP contribution in [-0.4, -0.2) is 126 Å². The molecule has 19 atom stereocenters. The second-order valence-corrected chi connectivity index (χ2v) is 20.2. The molecule has 13 heteroatoms. The minimum atomic E-state index is -0.856. The van der Waals surface area contributed by atoms with Crippen LogP contribution in [0.3, 0.4) is 0 Å². The molecule has 10 rings (SSSR count). The fraction of sp³-hybridized carbons (Fsp3) is 0.867. The third-order valence-corrected chi connectivity index (χ3v) is 14.8. The molecule has 324 valence electrons. The zero-order valence-corrected chi connectivity index (χ0v) is 35.1. The molecule has 1 amide bonds. The van der Waals surface area contributed by atoms with Crippen molar-refractivity contribution in [3.63, 3.8) is 0 Å². The van der Waals surface area contributed by atoms with Crippen molar-refractivity contribution in [3.8, 4) is 0 Å². The number of hydrogen-bond acceptors (Lipinski definition) is 12. The Kier molecular flexibility index (Phi) is 11.5. The molecule has 10 aliphatic rings. The lowest BCUT2D eigenvalue weighted by atomic mass is 9.78. The topological polar surface area (TPSA) is 149 Å². The minimum absolute atomic E-state index is 0.0290. The van der Waals surface area contributed by atoms with Crippen LogP contribution in [0.15, 0.2) is 24.3 Å². The van der Waals surface area contributed by atoms with E-state index in [4.69, 9.17) is 42.6 Å². The number of carbonyl (C=O) groups excluding carboxylic acids is 2. The molecule has 0 aromatic rings. The van der Waals surface area contributed by atoms with Gasteiger partial charge >= 0.3 is 6.09 Å². The third-order valence-electron chi connectivity index (χ3n) is 14.8. The van der Waals surface area contributed by atoms with Gasteiger partial charge < -0.3 is 53.1 Å². The largest absolute Gasteiger partial charge is 0.444 e. The van der Waals surface area contributed by atoms with Gasteiger partial charge in [-0.25, -0.2) is 4.79 Å². The smallest absolute Gasteiger partial charge is 0.407 e. The number of fused-ring (bicyclic) bond motifs is 6. The Hall–Kier alpha value is -1.94. The van der Waals surface area contributed by atoms with Gasteiger partial charge in [0.1, 0.15) is 41.9 Å². The molecule has 10 heterocycles. The summed E-state index contributed by atoms with van der Waals surface area (Å²) in [7, 11) is 0. The van der Waals surface area contributed by atoms with Crippen molar-refractivity contribution < 1.29 is 57.3 Å². The third kappa shape index (κ3) is 8.34. The fourth-order valence-corrected chi connectivity index (χ4v) is 11.8. The Morgan fingerprint density at radius 1 is 0.810 bits per heavy atom. The van der Waals surface area contributed by atoms with Crippen molar-refractivity contribution in [3.05, 3.63) is 24.3 Å². The lowest BCUT2D eigenvalue weighted by molar-refractivity contribution is -0.292. The molecule has 0 aromatic carbocycles. The van der Waals surface area contributed by atoms with E-state index >= 15 is 0 Å². The van der Waals surface area contributed by atoms with E-state index in [2.05, 4.69) is 32.3 Å². The maximum atomic E-state index is 14.2. The van der Waals surface area contributed by atoms with Gasteiger partial charge in [0, 0.05) is 45.1 Å². The number of carbonyl (C=O) groups is 2. The predicted molar refractivity (Wildman–Crippen MR) is 210 cm³/mol. The van der Waals surface area contributed by atoms with E-state index in [-0.39, 0.29) is 122 Å². The van der Waals surface area contributed by atoms with E-state index in [0.717, 1.165) is 56.1 Å². The maximum absolute atomic E-state index is 14.2. The van der Waals surface area contributed by atoms with Crippen LogP contribution in [0.2, 0.25) is 0 Å². The fourth-order valence-electron chi connectivity index (χ4n) is 11.8. The number of hydrogen-bond donors (Lipinski definition) is 2. The molecule has 10 saturated heterocycles. The first-order valence-corrected chi connectivity index (χ1v) is 22.4. The van der Waals surface area contributed by atoms with Crippen LogP contribution in [0.25, 0.3) is 0 Å². The summed E-state index contributed by atoms with van der Waals surface area (Å²) < 4.78 is 59.6. The van der Waals surface area contributed by atoms with Gasteiger partial charge in [-0.15, -0.1) is 0 Å². The zero-order valence-electron chi connectivity index (χ0n) is 35.1. The first-order chi connectivity index (χ1) is 27.6. The Balaban J connectivity index is 0.943. The molecule has 1 spiro atoms. The van der Waals surface area contributed by atoms with Gasteiger partial charge in [0.25, 0.3) is 0 Å². The molecule has 2 N–H and O–H groups in total. The molecule has 0 saturated carbocycles. The lowest BCUT2D eigenvalue weighted by Gasteiger charge is -2.47. The molecule has 12 bridgehead atoms. The summed E-state index contributed by atoms with van der Waals surface area (Å²) in [6.07, 6.45) is 4.49. The molecule has 10 fully saturated rings. The average Bonchev–Trinajstić information content (AvgIpc) is 3.82. The monoisotopic (exact) mass is 813 g/mol. The molecule has 0 aromatic heterocycles. The number of Topliss-reactive ketones (excluding diaryl/α,β-unsaturated/α-hetero) is 1. The SMILES string of the molecule is C=C1CC2CC[C@@]34C[C@H]5O[C@H]6C(O3)[C@H]3O[C@H](CC[C@@H]3O[C@H]6C5O4)CC(=O)CC3[C@H](CC4O[C@@H](CCC1O2)C[C@@H](C)C4=C)O[C@H](C[C@H](O)CNC(=O)OC(C)(C)C)[C@@H]3C. The highest BCUT2D eigenvalue weighted by Crippen LogP contribution is 2.54. The summed E-state index contributed by atoms with van der Waals surface area (Å²) in [4.78, 5) is 26.5. The van der Waals surface area contributed by atoms with Crippen molar-refractivity contribution in [2.45, 2.75) is 221 Å². The molecular weight excluding hydrogens is 746 g/mol. The molecule has 0 aliphatic carbocycles. The van der Waals surface area contributed by atoms with Crippen LogP contribution in [-0.2, 0) is 47.4 Å². The van der Waals surface area contributed by atoms with Crippen LogP contribution >= 0.6 is 0 Å². The van der Waals surface area contributed by atoms with Crippen molar-refractivity contribution >= 4 is 11.9 Å². The quantitative estimate of drug-likeness (QED) is 0.339. The van der Waals surface area contributed by atoms with E-state index in [1.54, 1.807) is 20.8 Å². The number of nitrogens with one attached hydrogen (secondary N) is 1. The number of rotatable bonds is 4. The van der Waals surface area contributed by atoms with Crippen LogP contribution < -0.4 is 5.32 Å². The average molecular weight is 814 g/mol. The van der Waals surface area contributed by atoms with Crippen LogP contribution in [0.5, 0.6) is 0 Å². The normalized spacial score (nSPS) is 48.3.